The molecule has 2 rings (SSSR count). The molecule has 0 amide bonds. The van der Waals surface area contributed by atoms with Crippen LogP contribution in [-0.4, -0.2) is 11.6 Å². The van der Waals surface area contributed by atoms with Crippen LogP contribution in [-0.2, 0) is 12.6 Å². The van der Waals surface area contributed by atoms with Crippen LogP contribution in [0, 0.1) is 11.3 Å². The predicted molar refractivity (Wildman–Crippen MR) is 69.6 cm³/mol. The maximum absolute atomic E-state index is 12.6. The van der Waals surface area contributed by atoms with Gasteiger partial charge in [-0.1, -0.05) is 6.07 Å². The highest BCUT2D eigenvalue weighted by molar-refractivity contribution is 5.44. The Morgan fingerprint density at radius 1 is 1.19 bits per heavy atom. The molecule has 1 heterocycles. The van der Waals surface area contributed by atoms with Crippen LogP contribution in [0.5, 0.6) is 5.75 Å². The smallest absolute Gasteiger partial charge is 0.417 e. The first-order valence-corrected chi connectivity index (χ1v) is 6.15. The fraction of sp³-hybridized carbons (Fsp3) is 0.200. The Bertz CT molecular complexity index is 648. The maximum atomic E-state index is 12.6. The summed E-state index contributed by atoms with van der Waals surface area (Å²) in [6, 6.07) is 10.2. The lowest BCUT2D eigenvalue weighted by atomic mass is 10.1. The molecule has 108 valence electrons. The van der Waals surface area contributed by atoms with Gasteiger partial charge in [0, 0.05) is 18.3 Å². The summed E-state index contributed by atoms with van der Waals surface area (Å²) in [6.07, 6.45) is -2.36. The molecule has 0 saturated heterocycles. The Morgan fingerprint density at radius 3 is 2.62 bits per heavy atom. The molecule has 2 aromatic rings. The van der Waals surface area contributed by atoms with Crippen molar-refractivity contribution < 1.29 is 17.9 Å². The molecule has 6 heteroatoms. The van der Waals surface area contributed by atoms with Crippen molar-refractivity contribution in [3.05, 3.63) is 59.4 Å². The van der Waals surface area contributed by atoms with Gasteiger partial charge in [-0.15, -0.1) is 0 Å². The van der Waals surface area contributed by atoms with E-state index >= 15 is 0 Å². The molecule has 0 N–H and O–H groups in total. The van der Waals surface area contributed by atoms with Gasteiger partial charge >= 0.3 is 6.18 Å². The van der Waals surface area contributed by atoms with Gasteiger partial charge in [0.2, 0.25) is 0 Å². The Kier molecular flexibility index (Phi) is 4.43. The Balaban J connectivity index is 2.03. The van der Waals surface area contributed by atoms with E-state index in [1.165, 1.54) is 12.1 Å². The molecule has 0 aliphatic carbocycles. The average molecular weight is 292 g/mol. The molecule has 0 fully saturated rings. The molecular weight excluding hydrogens is 281 g/mol. The van der Waals surface area contributed by atoms with Crippen molar-refractivity contribution >= 4 is 0 Å². The van der Waals surface area contributed by atoms with Crippen LogP contribution in [0.25, 0.3) is 0 Å². The van der Waals surface area contributed by atoms with Crippen LogP contribution in [0.2, 0.25) is 0 Å². The monoisotopic (exact) mass is 292 g/mol. The third-order valence-electron chi connectivity index (χ3n) is 2.77. The quantitative estimate of drug-likeness (QED) is 0.865. The number of pyridine rings is 1. The minimum atomic E-state index is -4.54. The van der Waals surface area contributed by atoms with Crippen LogP contribution in [0.3, 0.4) is 0 Å². The van der Waals surface area contributed by atoms with Gasteiger partial charge in [-0.25, -0.2) is 0 Å². The highest BCUT2D eigenvalue weighted by Crippen LogP contribution is 2.33. The molecule has 0 radical (unpaired) electrons. The molecule has 0 aliphatic rings. The van der Waals surface area contributed by atoms with E-state index in [2.05, 4.69) is 4.98 Å². The first-order valence-electron chi connectivity index (χ1n) is 6.15. The van der Waals surface area contributed by atoms with Crippen molar-refractivity contribution in [2.75, 3.05) is 6.61 Å². The topological polar surface area (TPSA) is 45.9 Å². The second kappa shape index (κ2) is 6.27. The Labute approximate surface area is 119 Å². The van der Waals surface area contributed by atoms with E-state index < -0.39 is 17.3 Å². The molecule has 0 bridgehead atoms. The summed E-state index contributed by atoms with van der Waals surface area (Å²) in [7, 11) is 0. The molecule has 0 saturated carbocycles. The molecular formula is C15H11F3N2O. The summed E-state index contributed by atoms with van der Waals surface area (Å²) in [5, 5.41) is 8.79. The molecule has 21 heavy (non-hydrogen) atoms. The number of nitrogens with zero attached hydrogens (tertiary/aromatic N) is 2. The average Bonchev–Trinajstić information content (AvgIpc) is 2.47. The van der Waals surface area contributed by atoms with Crippen molar-refractivity contribution in [2.45, 2.75) is 12.6 Å². The Morgan fingerprint density at radius 2 is 2.00 bits per heavy atom. The highest BCUT2D eigenvalue weighted by Gasteiger charge is 2.33. The van der Waals surface area contributed by atoms with Gasteiger partial charge in [0.05, 0.1) is 23.8 Å². The lowest BCUT2D eigenvalue weighted by Gasteiger charge is -2.11. The molecule has 0 unspecified atom stereocenters. The summed E-state index contributed by atoms with van der Waals surface area (Å²) in [6.45, 7) is 0.271. The number of hydrogen-bond donors (Lipinski definition) is 0. The summed E-state index contributed by atoms with van der Waals surface area (Å²) < 4.78 is 43.3. The summed E-state index contributed by atoms with van der Waals surface area (Å²) >= 11 is 0. The van der Waals surface area contributed by atoms with E-state index in [0.29, 0.717) is 6.42 Å². The normalized spacial score (nSPS) is 11.0. The van der Waals surface area contributed by atoms with Crippen LogP contribution in [0.4, 0.5) is 13.2 Å². The van der Waals surface area contributed by atoms with Gasteiger partial charge in [0.25, 0.3) is 0 Å². The number of halogens is 3. The number of nitriles is 1. The standard InChI is InChI=1S/C15H11F3N2O/c16-15(17,18)14-5-4-13(9-11(14)10-19)21-8-6-12-3-1-2-7-20-12/h1-5,7,9H,6,8H2. The minimum absolute atomic E-state index is 0.232. The second-order valence-corrected chi connectivity index (χ2v) is 4.24. The molecule has 3 nitrogen and oxygen atoms in total. The lowest BCUT2D eigenvalue weighted by Crippen LogP contribution is -2.08. The van der Waals surface area contributed by atoms with E-state index in [1.807, 2.05) is 12.1 Å². The van der Waals surface area contributed by atoms with Gasteiger partial charge < -0.3 is 4.74 Å². The summed E-state index contributed by atoms with van der Waals surface area (Å²) in [4.78, 5) is 4.11. The van der Waals surface area contributed by atoms with E-state index in [4.69, 9.17) is 10.00 Å². The predicted octanol–water partition coefficient (Wildman–Crippen LogP) is 3.59. The second-order valence-electron chi connectivity index (χ2n) is 4.24. The third kappa shape index (κ3) is 3.96. The van der Waals surface area contributed by atoms with E-state index in [9.17, 15) is 13.2 Å². The van der Waals surface area contributed by atoms with Crippen LogP contribution < -0.4 is 4.74 Å². The van der Waals surface area contributed by atoms with E-state index in [0.717, 1.165) is 17.8 Å². The summed E-state index contributed by atoms with van der Waals surface area (Å²) in [5.41, 5.74) is -0.579. The first-order chi connectivity index (χ1) is 10.0. The number of alkyl halides is 3. The zero-order valence-electron chi connectivity index (χ0n) is 10.9. The maximum Gasteiger partial charge on any atom is 0.417 e. The van der Waals surface area contributed by atoms with Crippen molar-refractivity contribution in [2.24, 2.45) is 0 Å². The van der Waals surface area contributed by atoms with Crippen molar-refractivity contribution in [1.29, 1.82) is 5.26 Å². The van der Waals surface area contributed by atoms with Gasteiger partial charge in [0.15, 0.2) is 0 Å². The van der Waals surface area contributed by atoms with Crippen LogP contribution in [0.15, 0.2) is 42.6 Å². The number of rotatable bonds is 4. The number of hydrogen-bond acceptors (Lipinski definition) is 3. The Hall–Kier alpha value is -2.55. The van der Waals surface area contributed by atoms with Crippen LogP contribution >= 0.6 is 0 Å². The van der Waals surface area contributed by atoms with E-state index in [-0.39, 0.29) is 12.4 Å². The molecule has 0 atom stereocenters. The van der Waals surface area contributed by atoms with Gasteiger partial charge in [-0.3, -0.25) is 4.98 Å². The zero-order chi connectivity index (χ0) is 15.3. The number of aromatic nitrogens is 1. The molecule has 1 aromatic carbocycles. The SMILES string of the molecule is N#Cc1cc(OCCc2ccccn2)ccc1C(F)(F)F. The van der Waals surface area contributed by atoms with Crippen molar-refractivity contribution in [1.82, 2.24) is 4.98 Å². The zero-order valence-corrected chi connectivity index (χ0v) is 10.9. The molecule has 0 spiro atoms. The lowest BCUT2D eigenvalue weighted by molar-refractivity contribution is -0.137. The van der Waals surface area contributed by atoms with Gasteiger partial charge in [-0.2, -0.15) is 18.4 Å². The van der Waals surface area contributed by atoms with Gasteiger partial charge in [0.1, 0.15) is 5.75 Å². The van der Waals surface area contributed by atoms with Gasteiger partial charge in [-0.05, 0) is 30.3 Å². The minimum Gasteiger partial charge on any atom is -0.493 e. The highest BCUT2D eigenvalue weighted by atomic mass is 19.4. The van der Waals surface area contributed by atoms with Crippen molar-refractivity contribution in [3.8, 4) is 11.8 Å². The fourth-order valence-corrected chi connectivity index (χ4v) is 1.77. The third-order valence-corrected chi connectivity index (χ3v) is 2.77. The molecule has 1 aromatic heterocycles. The number of ether oxygens (including phenoxy) is 1. The molecule has 0 aliphatic heterocycles. The fourth-order valence-electron chi connectivity index (χ4n) is 1.77. The summed E-state index contributed by atoms with van der Waals surface area (Å²) in [5.74, 6) is 0.232. The van der Waals surface area contributed by atoms with Crippen molar-refractivity contribution in [3.63, 3.8) is 0 Å². The number of benzene rings is 1. The van der Waals surface area contributed by atoms with Crippen LogP contribution in [0.1, 0.15) is 16.8 Å². The first kappa shape index (κ1) is 14.9. The largest absolute Gasteiger partial charge is 0.493 e. The van der Waals surface area contributed by atoms with E-state index in [1.54, 1.807) is 12.3 Å².